The second-order valence-corrected chi connectivity index (χ2v) is 5.66. The number of rotatable bonds is 4. The van der Waals surface area contributed by atoms with Crippen LogP contribution in [0.15, 0.2) is 22.7 Å². The molecule has 1 aromatic rings. The lowest BCUT2D eigenvalue weighted by molar-refractivity contribution is -0.274. The van der Waals surface area contributed by atoms with Gasteiger partial charge in [-0.15, -0.1) is 13.2 Å². The van der Waals surface area contributed by atoms with E-state index in [2.05, 4.69) is 31.3 Å². The van der Waals surface area contributed by atoms with Crippen LogP contribution in [0.25, 0.3) is 0 Å². The number of halogens is 4. The van der Waals surface area contributed by atoms with Crippen LogP contribution < -0.4 is 15.4 Å². The van der Waals surface area contributed by atoms with Gasteiger partial charge in [0.2, 0.25) is 5.91 Å². The Morgan fingerprint density at radius 1 is 1.48 bits per heavy atom. The molecule has 4 nitrogen and oxygen atoms in total. The minimum Gasteiger partial charge on any atom is -0.405 e. The number of hydrogen-bond acceptors (Lipinski definition) is 3. The van der Waals surface area contributed by atoms with Crippen LogP contribution in [0, 0.1) is 5.92 Å². The van der Waals surface area contributed by atoms with E-state index >= 15 is 0 Å². The molecule has 0 aliphatic carbocycles. The molecule has 0 spiro atoms. The van der Waals surface area contributed by atoms with Crippen LogP contribution in [0.4, 0.5) is 18.9 Å². The standard InChI is InChI=1S/C13H14BrF3N2O2/c14-10-6-9(1-2-11(10)21-13(15,16)17)19-12(20)5-8-3-4-18-7-8/h1-2,6,8,18H,3-5,7H2,(H,19,20). The van der Waals surface area contributed by atoms with Gasteiger partial charge in [-0.05, 0) is 59.6 Å². The highest BCUT2D eigenvalue weighted by molar-refractivity contribution is 9.10. The summed E-state index contributed by atoms with van der Waals surface area (Å²) in [5.41, 5.74) is 0.423. The van der Waals surface area contributed by atoms with Crippen molar-refractivity contribution in [2.45, 2.75) is 19.2 Å². The molecule has 2 rings (SSSR count). The van der Waals surface area contributed by atoms with Gasteiger partial charge >= 0.3 is 6.36 Å². The van der Waals surface area contributed by atoms with Crippen molar-refractivity contribution in [3.8, 4) is 5.75 Å². The van der Waals surface area contributed by atoms with Crippen LogP contribution in [0.1, 0.15) is 12.8 Å². The summed E-state index contributed by atoms with van der Waals surface area (Å²) in [6, 6.07) is 3.91. The van der Waals surface area contributed by atoms with Gasteiger partial charge in [0.1, 0.15) is 5.75 Å². The molecule has 1 unspecified atom stereocenters. The third kappa shape index (κ3) is 5.20. The molecule has 21 heavy (non-hydrogen) atoms. The maximum absolute atomic E-state index is 12.1. The monoisotopic (exact) mass is 366 g/mol. The highest BCUT2D eigenvalue weighted by Crippen LogP contribution is 2.32. The van der Waals surface area contributed by atoms with Crippen molar-refractivity contribution in [3.05, 3.63) is 22.7 Å². The lowest BCUT2D eigenvalue weighted by Crippen LogP contribution is -2.19. The fraction of sp³-hybridized carbons (Fsp3) is 0.462. The topological polar surface area (TPSA) is 50.4 Å². The summed E-state index contributed by atoms with van der Waals surface area (Å²) in [4.78, 5) is 11.8. The lowest BCUT2D eigenvalue weighted by atomic mass is 10.0. The SMILES string of the molecule is O=C(CC1CCNC1)Nc1ccc(OC(F)(F)F)c(Br)c1. The van der Waals surface area contributed by atoms with Gasteiger partial charge in [0.15, 0.2) is 0 Å². The van der Waals surface area contributed by atoms with E-state index in [1.54, 1.807) is 0 Å². The van der Waals surface area contributed by atoms with Gasteiger partial charge in [0, 0.05) is 12.1 Å². The smallest absolute Gasteiger partial charge is 0.405 e. The van der Waals surface area contributed by atoms with Crippen molar-refractivity contribution in [2.24, 2.45) is 5.92 Å². The number of carbonyl (C=O) groups is 1. The maximum atomic E-state index is 12.1. The molecular weight excluding hydrogens is 353 g/mol. The van der Waals surface area contributed by atoms with Crippen molar-refractivity contribution in [3.63, 3.8) is 0 Å². The molecule has 0 radical (unpaired) electrons. The lowest BCUT2D eigenvalue weighted by Gasteiger charge is -2.13. The van der Waals surface area contributed by atoms with Crippen LogP contribution >= 0.6 is 15.9 Å². The quantitative estimate of drug-likeness (QED) is 0.859. The number of anilines is 1. The fourth-order valence-electron chi connectivity index (χ4n) is 2.15. The summed E-state index contributed by atoms with van der Waals surface area (Å²) < 4.78 is 40.4. The molecule has 116 valence electrons. The molecule has 1 aliphatic rings. The van der Waals surface area contributed by atoms with Gasteiger partial charge in [0.25, 0.3) is 0 Å². The Balaban J connectivity index is 1.94. The van der Waals surface area contributed by atoms with Crippen molar-refractivity contribution >= 4 is 27.5 Å². The average Bonchev–Trinajstić information content (AvgIpc) is 2.84. The van der Waals surface area contributed by atoms with E-state index < -0.39 is 6.36 Å². The van der Waals surface area contributed by atoms with E-state index in [4.69, 9.17) is 0 Å². The summed E-state index contributed by atoms with van der Waals surface area (Å²) in [6.07, 6.45) is -3.40. The van der Waals surface area contributed by atoms with E-state index in [-0.39, 0.29) is 16.1 Å². The average molecular weight is 367 g/mol. The zero-order valence-electron chi connectivity index (χ0n) is 11.0. The molecular formula is C13H14BrF3N2O2. The Morgan fingerprint density at radius 2 is 2.24 bits per heavy atom. The van der Waals surface area contributed by atoms with E-state index in [1.165, 1.54) is 12.1 Å². The Labute approximate surface area is 128 Å². The molecule has 1 atom stereocenters. The zero-order chi connectivity index (χ0) is 15.5. The number of hydrogen-bond donors (Lipinski definition) is 2. The van der Waals surface area contributed by atoms with Crippen molar-refractivity contribution in [2.75, 3.05) is 18.4 Å². The van der Waals surface area contributed by atoms with E-state index in [1.807, 2.05) is 0 Å². The first-order valence-electron chi connectivity index (χ1n) is 6.39. The summed E-state index contributed by atoms with van der Waals surface area (Å²) >= 11 is 2.99. The predicted octanol–water partition coefficient (Wildman–Crippen LogP) is 3.29. The van der Waals surface area contributed by atoms with Gasteiger partial charge in [-0.2, -0.15) is 0 Å². The Morgan fingerprint density at radius 3 is 2.81 bits per heavy atom. The van der Waals surface area contributed by atoms with Gasteiger partial charge in [-0.1, -0.05) is 0 Å². The van der Waals surface area contributed by atoms with Crippen LogP contribution in [-0.2, 0) is 4.79 Å². The summed E-state index contributed by atoms with van der Waals surface area (Å²) in [6.45, 7) is 1.72. The molecule has 0 bridgehead atoms. The third-order valence-corrected chi connectivity index (χ3v) is 3.70. The Kier molecular flexibility index (Phi) is 5.10. The van der Waals surface area contributed by atoms with Crippen molar-refractivity contribution in [1.82, 2.24) is 5.32 Å². The fourth-order valence-corrected chi connectivity index (χ4v) is 2.61. The minimum absolute atomic E-state index is 0.125. The molecule has 1 amide bonds. The predicted molar refractivity (Wildman–Crippen MR) is 75.0 cm³/mol. The first-order chi connectivity index (χ1) is 9.83. The number of alkyl halides is 3. The maximum Gasteiger partial charge on any atom is 0.573 e. The third-order valence-electron chi connectivity index (χ3n) is 3.08. The Bertz CT molecular complexity index is 517. The first kappa shape index (κ1) is 16.1. The molecule has 1 fully saturated rings. The first-order valence-corrected chi connectivity index (χ1v) is 7.18. The zero-order valence-corrected chi connectivity index (χ0v) is 12.6. The van der Waals surface area contributed by atoms with Crippen molar-refractivity contribution in [1.29, 1.82) is 0 Å². The molecule has 0 saturated carbocycles. The normalized spacial score (nSPS) is 18.6. The van der Waals surface area contributed by atoms with Gasteiger partial charge in [0.05, 0.1) is 4.47 Å². The summed E-state index contributed by atoms with van der Waals surface area (Å²) in [5, 5.41) is 5.84. The summed E-state index contributed by atoms with van der Waals surface area (Å²) in [5.74, 6) is -0.193. The highest BCUT2D eigenvalue weighted by atomic mass is 79.9. The van der Waals surface area contributed by atoms with Crippen molar-refractivity contribution < 1.29 is 22.7 Å². The minimum atomic E-state index is -4.75. The largest absolute Gasteiger partial charge is 0.573 e. The molecule has 8 heteroatoms. The van der Waals surface area contributed by atoms with Gasteiger partial charge < -0.3 is 15.4 Å². The van der Waals surface area contributed by atoms with Crippen LogP contribution in [0.3, 0.4) is 0 Å². The number of ether oxygens (including phenoxy) is 1. The Hall–Kier alpha value is -1.28. The van der Waals surface area contributed by atoms with E-state index in [0.717, 1.165) is 25.6 Å². The second-order valence-electron chi connectivity index (χ2n) is 4.80. The van der Waals surface area contributed by atoms with Crippen LogP contribution in [0.2, 0.25) is 0 Å². The number of nitrogens with one attached hydrogen (secondary N) is 2. The van der Waals surface area contributed by atoms with Gasteiger partial charge in [-0.25, -0.2) is 0 Å². The molecule has 2 N–H and O–H groups in total. The molecule has 1 aliphatic heterocycles. The number of amides is 1. The highest BCUT2D eigenvalue weighted by Gasteiger charge is 2.32. The molecule has 1 aromatic carbocycles. The van der Waals surface area contributed by atoms with E-state index in [0.29, 0.717) is 18.0 Å². The molecule has 0 aromatic heterocycles. The van der Waals surface area contributed by atoms with Gasteiger partial charge in [-0.3, -0.25) is 4.79 Å². The number of carbonyl (C=O) groups excluding carboxylic acids is 1. The summed E-state index contributed by atoms with van der Waals surface area (Å²) in [7, 11) is 0. The number of benzene rings is 1. The van der Waals surface area contributed by atoms with Crippen LogP contribution in [0.5, 0.6) is 5.75 Å². The van der Waals surface area contributed by atoms with E-state index in [9.17, 15) is 18.0 Å². The van der Waals surface area contributed by atoms with Crippen LogP contribution in [-0.4, -0.2) is 25.4 Å². The second kappa shape index (κ2) is 6.65. The molecule has 1 saturated heterocycles. The molecule has 1 heterocycles.